The first kappa shape index (κ1) is 17.2. The van der Waals surface area contributed by atoms with E-state index < -0.39 is 0 Å². The Morgan fingerprint density at radius 1 is 1.35 bits per heavy atom. The summed E-state index contributed by atoms with van der Waals surface area (Å²) >= 11 is 1.48. The van der Waals surface area contributed by atoms with Gasteiger partial charge in [-0.3, -0.25) is 14.6 Å². The molecule has 1 N–H and O–H groups in total. The molecule has 2 aliphatic heterocycles. The van der Waals surface area contributed by atoms with Gasteiger partial charge >= 0.3 is 0 Å². The van der Waals surface area contributed by atoms with E-state index in [1.807, 2.05) is 29.3 Å². The molecule has 0 aliphatic carbocycles. The summed E-state index contributed by atoms with van der Waals surface area (Å²) in [4.78, 5) is 32.2. The number of carbonyl (C=O) groups is 2. The molecule has 2 aromatic heterocycles. The van der Waals surface area contributed by atoms with Crippen LogP contribution in [0.5, 0.6) is 0 Å². The lowest BCUT2D eigenvalue weighted by Gasteiger charge is -2.31. The standard InChI is InChI=1S/C19H21N3O3S/c1-12-5-17(26-11-12)19(24)22-7-13-9-25-10-16(15(13)8-22)18(23)21-14-3-2-4-20-6-14/h2-6,11,13,15-16H,7-10H2,1H3,(H,21,23)/t13-,15-,16-/m1/s1. The summed E-state index contributed by atoms with van der Waals surface area (Å²) in [5.41, 5.74) is 1.78. The van der Waals surface area contributed by atoms with Crippen molar-refractivity contribution in [1.29, 1.82) is 0 Å². The molecular formula is C19H21N3O3S. The third-order valence-corrected chi connectivity index (χ3v) is 6.17. The molecule has 0 saturated carbocycles. The van der Waals surface area contributed by atoms with Gasteiger partial charge in [-0.05, 0) is 42.0 Å². The minimum Gasteiger partial charge on any atom is -0.380 e. The largest absolute Gasteiger partial charge is 0.380 e. The molecule has 2 fully saturated rings. The minimum absolute atomic E-state index is 0.0592. The molecule has 2 saturated heterocycles. The van der Waals surface area contributed by atoms with Crippen LogP contribution in [0.4, 0.5) is 5.69 Å². The number of anilines is 1. The molecule has 0 spiro atoms. The number of aromatic nitrogens is 1. The lowest BCUT2D eigenvalue weighted by atomic mass is 9.82. The van der Waals surface area contributed by atoms with Gasteiger partial charge in [0.05, 0.1) is 35.9 Å². The summed E-state index contributed by atoms with van der Waals surface area (Å²) in [6.07, 6.45) is 3.30. The molecule has 7 heteroatoms. The Labute approximate surface area is 156 Å². The van der Waals surface area contributed by atoms with Gasteiger partial charge < -0.3 is 15.0 Å². The van der Waals surface area contributed by atoms with E-state index in [1.165, 1.54) is 11.3 Å². The lowest BCUT2D eigenvalue weighted by molar-refractivity contribution is -0.128. The summed E-state index contributed by atoms with van der Waals surface area (Å²) in [5, 5.41) is 4.91. The number of likely N-dealkylation sites (tertiary alicyclic amines) is 1. The SMILES string of the molecule is Cc1csc(C(=O)N2C[C@@H]3COC[C@@H](C(=O)Nc4cccnc4)[C@@H]3C2)c1. The number of aryl methyl sites for hydroxylation is 1. The quantitative estimate of drug-likeness (QED) is 0.899. The van der Waals surface area contributed by atoms with Gasteiger partial charge in [-0.25, -0.2) is 0 Å². The maximum absolute atomic E-state index is 12.8. The first-order chi connectivity index (χ1) is 12.6. The highest BCUT2D eigenvalue weighted by Crippen LogP contribution is 2.35. The second-order valence-corrected chi connectivity index (χ2v) is 7.91. The molecule has 0 aromatic carbocycles. The van der Waals surface area contributed by atoms with Gasteiger partial charge in [0, 0.05) is 25.2 Å². The Bertz CT molecular complexity index is 807. The van der Waals surface area contributed by atoms with Crippen molar-refractivity contribution >= 4 is 28.8 Å². The van der Waals surface area contributed by atoms with Gasteiger partial charge in [-0.1, -0.05) is 0 Å². The molecule has 2 aromatic rings. The Balaban J connectivity index is 1.46. The second-order valence-electron chi connectivity index (χ2n) is 7.00. The van der Waals surface area contributed by atoms with Crippen LogP contribution in [-0.4, -0.2) is 48.0 Å². The monoisotopic (exact) mass is 371 g/mol. The number of hydrogen-bond acceptors (Lipinski definition) is 5. The van der Waals surface area contributed by atoms with Crippen LogP contribution in [0.3, 0.4) is 0 Å². The van der Waals surface area contributed by atoms with Crippen molar-refractivity contribution in [3.63, 3.8) is 0 Å². The molecule has 4 rings (SSSR count). The van der Waals surface area contributed by atoms with Crippen LogP contribution in [-0.2, 0) is 9.53 Å². The third-order valence-electron chi connectivity index (χ3n) is 5.13. The molecule has 0 radical (unpaired) electrons. The second kappa shape index (κ2) is 7.17. The van der Waals surface area contributed by atoms with Gasteiger partial charge in [-0.15, -0.1) is 11.3 Å². The number of pyridine rings is 1. The number of carbonyl (C=O) groups excluding carboxylic acids is 2. The first-order valence-electron chi connectivity index (χ1n) is 8.75. The van der Waals surface area contributed by atoms with Crippen LogP contribution in [0.1, 0.15) is 15.2 Å². The zero-order valence-corrected chi connectivity index (χ0v) is 15.4. The number of hydrogen-bond donors (Lipinski definition) is 1. The topological polar surface area (TPSA) is 71.5 Å². The van der Waals surface area contributed by atoms with E-state index in [-0.39, 0.29) is 29.6 Å². The number of rotatable bonds is 3. The van der Waals surface area contributed by atoms with E-state index in [0.717, 1.165) is 10.4 Å². The predicted octanol–water partition coefficient (Wildman–Crippen LogP) is 2.42. The van der Waals surface area contributed by atoms with Gasteiger partial charge in [-0.2, -0.15) is 0 Å². The van der Waals surface area contributed by atoms with Crippen molar-refractivity contribution < 1.29 is 14.3 Å². The van der Waals surface area contributed by atoms with Crippen molar-refractivity contribution in [2.24, 2.45) is 17.8 Å². The average Bonchev–Trinajstić information content (AvgIpc) is 3.27. The Kier molecular flexibility index (Phi) is 4.74. The summed E-state index contributed by atoms with van der Waals surface area (Å²) in [5.74, 6) is 0.0820. The zero-order chi connectivity index (χ0) is 18.1. The predicted molar refractivity (Wildman–Crippen MR) is 99.1 cm³/mol. The third kappa shape index (κ3) is 3.37. The van der Waals surface area contributed by atoms with Gasteiger partial charge in [0.15, 0.2) is 0 Å². The molecule has 136 valence electrons. The van der Waals surface area contributed by atoms with Crippen LogP contribution in [0, 0.1) is 24.7 Å². The fraction of sp³-hybridized carbons (Fsp3) is 0.421. The molecule has 4 heterocycles. The highest BCUT2D eigenvalue weighted by Gasteiger charge is 2.45. The number of amides is 2. The fourth-order valence-corrected chi connectivity index (χ4v) is 4.67. The van der Waals surface area contributed by atoms with E-state index >= 15 is 0 Å². The van der Waals surface area contributed by atoms with Crippen molar-refractivity contribution in [2.45, 2.75) is 6.92 Å². The van der Waals surface area contributed by atoms with E-state index in [1.54, 1.807) is 18.5 Å². The van der Waals surface area contributed by atoms with E-state index in [4.69, 9.17) is 4.74 Å². The maximum Gasteiger partial charge on any atom is 0.263 e. The molecule has 2 amide bonds. The number of fused-ring (bicyclic) bond motifs is 1. The van der Waals surface area contributed by atoms with E-state index in [2.05, 4.69) is 10.3 Å². The number of nitrogens with one attached hydrogen (secondary N) is 1. The molecular weight excluding hydrogens is 350 g/mol. The fourth-order valence-electron chi connectivity index (χ4n) is 3.81. The molecule has 26 heavy (non-hydrogen) atoms. The van der Waals surface area contributed by atoms with Crippen LogP contribution >= 0.6 is 11.3 Å². The van der Waals surface area contributed by atoms with Crippen molar-refractivity contribution in [2.75, 3.05) is 31.6 Å². The van der Waals surface area contributed by atoms with Crippen LogP contribution in [0.15, 0.2) is 36.0 Å². The highest BCUT2D eigenvalue weighted by molar-refractivity contribution is 7.12. The number of ether oxygens (including phenoxy) is 1. The highest BCUT2D eigenvalue weighted by atomic mass is 32.1. The van der Waals surface area contributed by atoms with Gasteiger partial charge in [0.2, 0.25) is 5.91 Å². The summed E-state index contributed by atoms with van der Waals surface area (Å²) in [6, 6.07) is 5.53. The molecule has 6 nitrogen and oxygen atoms in total. The number of thiophene rings is 1. The first-order valence-corrected chi connectivity index (χ1v) is 9.63. The Hall–Kier alpha value is -2.25. The van der Waals surface area contributed by atoms with E-state index in [0.29, 0.717) is 32.0 Å². The molecule has 2 aliphatic rings. The van der Waals surface area contributed by atoms with Crippen LogP contribution in [0.2, 0.25) is 0 Å². The Morgan fingerprint density at radius 2 is 2.23 bits per heavy atom. The number of nitrogens with zero attached hydrogens (tertiary/aromatic N) is 2. The van der Waals surface area contributed by atoms with Crippen molar-refractivity contribution in [3.05, 3.63) is 46.4 Å². The van der Waals surface area contributed by atoms with Gasteiger partial charge in [0.25, 0.3) is 5.91 Å². The lowest BCUT2D eigenvalue weighted by Crippen LogP contribution is -2.42. The molecule has 0 bridgehead atoms. The van der Waals surface area contributed by atoms with Crippen molar-refractivity contribution in [1.82, 2.24) is 9.88 Å². The normalized spacial score (nSPS) is 25.0. The van der Waals surface area contributed by atoms with Crippen molar-refractivity contribution in [3.8, 4) is 0 Å². The van der Waals surface area contributed by atoms with Crippen LogP contribution < -0.4 is 5.32 Å². The average molecular weight is 371 g/mol. The minimum atomic E-state index is -0.253. The maximum atomic E-state index is 12.8. The smallest absolute Gasteiger partial charge is 0.263 e. The Morgan fingerprint density at radius 3 is 2.96 bits per heavy atom. The molecule has 3 atom stereocenters. The summed E-state index contributed by atoms with van der Waals surface area (Å²) < 4.78 is 5.68. The van der Waals surface area contributed by atoms with E-state index in [9.17, 15) is 9.59 Å². The van der Waals surface area contributed by atoms with Crippen LogP contribution in [0.25, 0.3) is 0 Å². The summed E-state index contributed by atoms with van der Waals surface area (Å²) in [6.45, 7) is 4.25. The van der Waals surface area contributed by atoms with Gasteiger partial charge in [0.1, 0.15) is 0 Å². The zero-order valence-electron chi connectivity index (χ0n) is 14.6. The molecule has 0 unspecified atom stereocenters. The summed E-state index contributed by atoms with van der Waals surface area (Å²) in [7, 11) is 0.